The Labute approximate surface area is 129 Å². The van der Waals surface area contributed by atoms with Gasteiger partial charge in [-0.25, -0.2) is 0 Å². The van der Waals surface area contributed by atoms with Crippen LogP contribution in [-0.4, -0.2) is 49.7 Å². The first-order valence-corrected chi connectivity index (χ1v) is 8.57. The van der Waals surface area contributed by atoms with Gasteiger partial charge in [0.2, 0.25) is 5.91 Å². The topological polar surface area (TPSA) is 41.6 Å². The minimum absolute atomic E-state index is 0.169. The smallest absolute Gasteiger partial charge is 0.225 e. The summed E-state index contributed by atoms with van der Waals surface area (Å²) in [6.07, 6.45) is 6.12. The summed E-state index contributed by atoms with van der Waals surface area (Å²) in [6, 6.07) is 0.689. The molecule has 1 N–H and O–H groups in total. The van der Waals surface area contributed by atoms with Crippen LogP contribution >= 0.6 is 0 Å². The van der Waals surface area contributed by atoms with Gasteiger partial charge < -0.3 is 10.1 Å². The Kier molecular flexibility index (Phi) is 6.06. The van der Waals surface area contributed by atoms with Gasteiger partial charge in [0.05, 0.1) is 0 Å². The van der Waals surface area contributed by atoms with E-state index in [9.17, 15) is 4.79 Å². The zero-order valence-corrected chi connectivity index (χ0v) is 14.0. The first kappa shape index (κ1) is 16.8. The molecule has 21 heavy (non-hydrogen) atoms. The van der Waals surface area contributed by atoms with Gasteiger partial charge in [-0.3, -0.25) is 9.69 Å². The van der Waals surface area contributed by atoms with Crippen molar-refractivity contribution in [1.82, 2.24) is 10.2 Å². The zero-order valence-electron chi connectivity index (χ0n) is 14.0. The highest BCUT2D eigenvalue weighted by molar-refractivity contribution is 5.81. The van der Waals surface area contributed by atoms with E-state index in [-0.39, 0.29) is 11.3 Å². The molecule has 0 saturated carbocycles. The first-order valence-electron chi connectivity index (χ1n) is 8.57. The second kappa shape index (κ2) is 7.59. The van der Waals surface area contributed by atoms with Crippen LogP contribution in [-0.2, 0) is 9.53 Å². The molecule has 2 rings (SSSR count). The second-order valence-corrected chi connectivity index (χ2v) is 7.66. The first-order chi connectivity index (χ1) is 9.97. The third-order valence-corrected chi connectivity index (χ3v) is 4.72. The number of likely N-dealkylation sites (tertiary alicyclic amines) is 1. The fourth-order valence-corrected chi connectivity index (χ4v) is 3.35. The molecule has 0 spiro atoms. The summed E-state index contributed by atoms with van der Waals surface area (Å²) in [7, 11) is 0. The SMILES string of the molecule is CC(C)(C)C(=O)NC[C@@H]1CCCN([C@H]2CCCOCC2)C1. The number of amides is 1. The lowest BCUT2D eigenvalue weighted by Gasteiger charge is -2.38. The van der Waals surface area contributed by atoms with E-state index in [2.05, 4.69) is 10.2 Å². The molecule has 0 aliphatic carbocycles. The van der Waals surface area contributed by atoms with Crippen molar-refractivity contribution in [2.75, 3.05) is 32.8 Å². The van der Waals surface area contributed by atoms with Crippen LogP contribution in [0, 0.1) is 11.3 Å². The molecule has 4 nitrogen and oxygen atoms in total. The van der Waals surface area contributed by atoms with Crippen LogP contribution in [0.4, 0.5) is 0 Å². The van der Waals surface area contributed by atoms with Crippen LogP contribution in [0.5, 0.6) is 0 Å². The maximum Gasteiger partial charge on any atom is 0.225 e. The Morgan fingerprint density at radius 3 is 2.76 bits per heavy atom. The predicted molar refractivity (Wildman–Crippen MR) is 85.2 cm³/mol. The summed E-state index contributed by atoms with van der Waals surface area (Å²) in [5.41, 5.74) is -0.285. The fraction of sp³-hybridized carbons (Fsp3) is 0.941. The Morgan fingerprint density at radius 2 is 2.00 bits per heavy atom. The number of ether oxygens (including phenoxy) is 1. The lowest BCUT2D eigenvalue weighted by atomic mass is 9.93. The quantitative estimate of drug-likeness (QED) is 0.869. The predicted octanol–water partition coefficient (Wildman–Crippen LogP) is 2.43. The molecule has 2 aliphatic heterocycles. The third kappa shape index (κ3) is 5.26. The molecule has 122 valence electrons. The lowest BCUT2D eigenvalue weighted by molar-refractivity contribution is -0.128. The minimum atomic E-state index is -0.285. The standard InChI is InChI=1S/C17H32N2O2/c1-17(2,3)16(20)18-12-14-6-4-9-19(13-14)15-7-5-10-21-11-8-15/h14-15H,4-13H2,1-3H3,(H,18,20)/t14-,15-/m0/s1. The molecule has 0 radical (unpaired) electrons. The van der Waals surface area contributed by atoms with Crippen molar-refractivity contribution in [3.05, 3.63) is 0 Å². The molecular weight excluding hydrogens is 264 g/mol. The number of nitrogens with one attached hydrogen (secondary N) is 1. The number of piperidine rings is 1. The molecule has 2 heterocycles. The summed E-state index contributed by atoms with van der Waals surface area (Å²) in [5.74, 6) is 0.775. The average Bonchev–Trinajstić information content (AvgIpc) is 2.73. The van der Waals surface area contributed by atoms with E-state index in [0.717, 1.165) is 26.3 Å². The number of rotatable bonds is 3. The lowest BCUT2D eigenvalue weighted by Crippen LogP contribution is -2.47. The summed E-state index contributed by atoms with van der Waals surface area (Å²) in [5, 5.41) is 3.14. The number of hydrogen-bond donors (Lipinski definition) is 1. The summed E-state index contributed by atoms with van der Waals surface area (Å²) in [6.45, 7) is 10.9. The summed E-state index contributed by atoms with van der Waals surface area (Å²) >= 11 is 0. The van der Waals surface area contributed by atoms with Crippen molar-refractivity contribution in [3.63, 3.8) is 0 Å². The molecule has 2 aliphatic rings. The van der Waals surface area contributed by atoms with Crippen LogP contribution < -0.4 is 5.32 Å². The maximum absolute atomic E-state index is 12.0. The largest absolute Gasteiger partial charge is 0.381 e. The molecule has 4 heteroatoms. The summed E-state index contributed by atoms with van der Waals surface area (Å²) in [4.78, 5) is 14.6. The van der Waals surface area contributed by atoms with Crippen molar-refractivity contribution in [1.29, 1.82) is 0 Å². The maximum atomic E-state index is 12.0. The Hall–Kier alpha value is -0.610. The minimum Gasteiger partial charge on any atom is -0.381 e. The van der Waals surface area contributed by atoms with E-state index < -0.39 is 0 Å². The van der Waals surface area contributed by atoms with Gasteiger partial charge in [0.25, 0.3) is 0 Å². The second-order valence-electron chi connectivity index (χ2n) is 7.66. The van der Waals surface area contributed by atoms with E-state index in [1.807, 2.05) is 20.8 Å². The molecule has 2 saturated heterocycles. The molecule has 0 aromatic carbocycles. The van der Waals surface area contributed by atoms with Gasteiger partial charge in [-0.05, 0) is 44.6 Å². The van der Waals surface area contributed by atoms with Gasteiger partial charge in [0, 0.05) is 37.8 Å². The molecule has 0 aromatic heterocycles. The molecule has 0 bridgehead atoms. The molecular formula is C17H32N2O2. The molecule has 0 aromatic rings. The monoisotopic (exact) mass is 296 g/mol. The Bertz CT molecular complexity index is 330. The van der Waals surface area contributed by atoms with Crippen molar-refractivity contribution >= 4 is 5.91 Å². The van der Waals surface area contributed by atoms with Crippen LogP contribution in [0.1, 0.15) is 52.9 Å². The number of carbonyl (C=O) groups excluding carboxylic acids is 1. The van der Waals surface area contributed by atoms with Crippen LogP contribution in [0.15, 0.2) is 0 Å². The zero-order chi connectivity index (χ0) is 15.3. The van der Waals surface area contributed by atoms with Crippen LogP contribution in [0.25, 0.3) is 0 Å². The number of nitrogens with zero attached hydrogens (tertiary/aromatic N) is 1. The van der Waals surface area contributed by atoms with E-state index in [1.54, 1.807) is 0 Å². The van der Waals surface area contributed by atoms with Crippen LogP contribution in [0.2, 0.25) is 0 Å². The molecule has 0 unspecified atom stereocenters. The van der Waals surface area contributed by atoms with Gasteiger partial charge in [-0.1, -0.05) is 20.8 Å². The van der Waals surface area contributed by atoms with Crippen molar-refractivity contribution in [2.45, 2.75) is 58.9 Å². The normalized spacial score (nSPS) is 28.9. The Morgan fingerprint density at radius 1 is 1.19 bits per heavy atom. The third-order valence-electron chi connectivity index (χ3n) is 4.72. The molecule has 2 fully saturated rings. The van der Waals surface area contributed by atoms with E-state index in [1.165, 1.54) is 38.6 Å². The van der Waals surface area contributed by atoms with E-state index in [0.29, 0.717) is 12.0 Å². The molecule has 2 atom stereocenters. The van der Waals surface area contributed by atoms with Gasteiger partial charge in [-0.2, -0.15) is 0 Å². The van der Waals surface area contributed by atoms with E-state index in [4.69, 9.17) is 4.74 Å². The van der Waals surface area contributed by atoms with Gasteiger partial charge in [0.15, 0.2) is 0 Å². The van der Waals surface area contributed by atoms with Crippen LogP contribution in [0.3, 0.4) is 0 Å². The van der Waals surface area contributed by atoms with Gasteiger partial charge in [0.1, 0.15) is 0 Å². The number of carbonyl (C=O) groups is 1. The Balaban J connectivity index is 1.79. The highest BCUT2D eigenvalue weighted by atomic mass is 16.5. The van der Waals surface area contributed by atoms with E-state index >= 15 is 0 Å². The van der Waals surface area contributed by atoms with Gasteiger partial charge >= 0.3 is 0 Å². The van der Waals surface area contributed by atoms with Crippen molar-refractivity contribution in [3.8, 4) is 0 Å². The molecule has 1 amide bonds. The number of hydrogen-bond acceptors (Lipinski definition) is 3. The highest BCUT2D eigenvalue weighted by Gasteiger charge is 2.28. The van der Waals surface area contributed by atoms with Crippen molar-refractivity contribution < 1.29 is 9.53 Å². The average molecular weight is 296 g/mol. The fourth-order valence-electron chi connectivity index (χ4n) is 3.35. The highest BCUT2D eigenvalue weighted by Crippen LogP contribution is 2.23. The van der Waals surface area contributed by atoms with Gasteiger partial charge in [-0.15, -0.1) is 0 Å². The summed E-state index contributed by atoms with van der Waals surface area (Å²) < 4.78 is 5.58. The van der Waals surface area contributed by atoms with Crippen molar-refractivity contribution in [2.24, 2.45) is 11.3 Å².